The highest BCUT2D eigenvalue weighted by atomic mass is 19.1. The number of nitrogens with one attached hydrogen (secondary N) is 1. The number of ether oxygens (including phenoxy) is 1. The highest BCUT2D eigenvalue weighted by molar-refractivity contribution is 5.97. The molecule has 0 aliphatic carbocycles. The third kappa shape index (κ3) is 13.5. The van der Waals surface area contributed by atoms with Crippen LogP contribution in [0.2, 0.25) is 0 Å². The standard InChI is InChI=1S/C27H44FNO3/c1-3-4-5-6-7-8-9-10-11-12-13-14-15-16-21-29-25-18-17-23(22-24(25)28)26(30)19-20-27(31)32-2/h17-18,22,29H,3-16,19-21H2,1-2H3. The Bertz CT molecular complexity index is 648. The SMILES string of the molecule is CCCCCCCCCCCCCCCCNc1ccc(C(=O)CCC(=O)OC)cc1F. The van der Waals surface area contributed by atoms with Gasteiger partial charge in [0.05, 0.1) is 19.2 Å². The Kier molecular flexibility index (Phi) is 16.4. The molecule has 1 rings (SSSR count). The van der Waals surface area contributed by atoms with E-state index >= 15 is 0 Å². The van der Waals surface area contributed by atoms with Crippen molar-refractivity contribution in [1.29, 1.82) is 0 Å². The molecular weight excluding hydrogens is 405 g/mol. The number of Topliss-reactive ketones (excluding diaryl/α,β-unsaturated/α-hetero) is 1. The zero-order valence-electron chi connectivity index (χ0n) is 20.4. The molecule has 0 fully saturated rings. The summed E-state index contributed by atoms with van der Waals surface area (Å²) in [6, 6.07) is 4.45. The number of esters is 1. The number of rotatable bonds is 20. The molecule has 4 nitrogen and oxygen atoms in total. The van der Waals surface area contributed by atoms with Crippen molar-refractivity contribution < 1.29 is 18.7 Å². The van der Waals surface area contributed by atoms with Gasteiger partial charge < -0.3 is 10.1 Å². The number of halogens is 1. The fourth-order valence-electron chi connectivity index (χ4n) is 3.84. The summed E-state index contributed by atoms with van der Waals surface area (Å²) in [6.07, 6.45) is 18.5. The molecule has 1 aromatic carbocycles. The molecule has 0 amide bonds. The van der Waals surface area contributed by atoms with Crippen molar-refractivity contribution in [1.82, 2.24) is 0 Å². The lowest BCUT2D eigenvalue weighted by molar-refractivity contribution is -0.140. The zero-order chi connectivity index (χ0) is 23.4. The van der Waals surface area contributed by atoms with Crippen LogP contribution in [0.25, 0.3) is 0 Å². The minimum Gasteiger partial charge on any atom is -0.469 e. The molecule has 1 aromatic rings. The van der Waals surface area contributed by atoms with Gasteiger partial charge in [-0.25, -0.2) is 4.39 Å². The summed E-state index contributed by atoms with van der Waals surface area (Å²) in [5, 5.41) is 3.12. The molecule has 32 heavy (non-hydrogen) atoms. The van der Waals surface area contributed by atoms with Crippen LogP contribution in [0.4, 0.5) is 10.1 Å². The first kappa shape index (κ1) is 28.1. The van der Waals surface area contributed by atoms with Crippen LogP contribution in [0.3, 0.4) is 0 Å². The van der Waals surface area contributed by atoms with Gasteiger partial charge in [0.2, 0.25) is 0 Å². The van der Waals surface area contributed by atoms with Gasteiger partial charge in [-0.2, -0.15) is 0 Å². The van der Waals surface area contributed by atoms with Gasteiger partial charge in [0.25, 0.3) is 0 Å². The number of unbranched alkanes of at least 4 members (excludes halogenated alkanes) is 13. The highest BCUT2D eigenvalue weighted by Crippen LogP contribution is 2.18. The first-order chi connectivity index (χ1) is 15.6. The quantitative estimate of drug-likeness (QED) is 0.125. The Morgan fingerprint density at radius 3 is 1.84 bits per heavy atom. The first-order valence-electron chi connectivity index (χ1n) is 12.7. The van der Waals surface area contributed by atoms with E-state index in [4.69, 9.17) is 0 Å². The average Bonchev–Trinajstić information content (AvgIpc) is 2.80. The fraction of sp³-hybridized carbons (Fsp3) is 0.704. The number of ketones is 1. The van der Waals surface area contributed by atoms with Gasteiger partial charge in [-0.3, -0.25) is 9.59 Å². The molecule has 0 aliphatic rings. The highest BCUT2D eigenvalue weighted by Gasteiger charge is 2.12. The second-order valence-corrected chi connectivity index (χ2v) is 8.72. The second kappa shape index (κ2) is 18.6. The van der Waals surface area contributed by atoms with Gasteiger partial charge in [-0.1, -0.05) is 90.4 Å². The van der Waals surface area contributed by atoms with E-state index in [2.05, 4.69) is 17.0 Å². The minimum atomic E-state index is -0.440. The molecule has 5 heteroatoms. The molecule has 0 unspecified atom stereocenters. The van der Waals surface area contributed by atoms with E-state index in [-0.39, 0.29) is 24.2 Å². The van der Waals surface area contributed by atoms with E-state index in [1.807, 2.05) is 0 Å². The Hall–Kier alpha value is -1.91. The van der Waals surface area contributed by atoms with Gasteiger partial charge >= 0.3 is 5.97 Å². The zero-order valence-corrected chi connectivity index (χ0v) is 20.4. The van der Waals surface area contributed by atoms with Gasteiger partial charge in [-0.05, 0) is 24.6 Å². The second-order valence-electron chi connectivity index (χ2n) is 8.72. The maximum Gasteiger partial charge on any atom is 0.305 e. The van der Waals surface area contributed by atoms with Crippen molar-refractivity contribution in [3.63, 3.8) is 0 Å². The number of methoxy groups -OCH3 is 1. The summed E-state index contributed by atoms with van der Waals surface area (Å²) in [5.74, 6) is -1.13. The molecule has 182 valence electrons. The molecule has 1 N–H and O–H groups in total. The molecule has 0 aromatic heterocycles. The van der Waals surface area contributed by atoms with Crippen LogP contribution in [-0.4, -0.2) is 25.4 Å². The van der Waals surface area contributed by atoms with Gasteiger partial charge in [0.15, 0.2) is 5.78 Å². The van der Waals surface area contributed by atoms with Crippen molar-refractivity contribution in [2.24, 2.45) is 0 Å². The van der Waals surface area contributed by atoms with Crippen LogP contribution in [-0.2, 0) is 9.53 Å². The largest absolute Gasteiger partial charge is 0.469 e. The summed E-state index contributed by atoms with van der Waals surface area (Å²) < 4.78 is 18.8. The Balaban J connectivity index is 2.04. The number of carbonyl (C=O) groups excluding carboxylic acids is 2. The molecule has 0 spiro atoms. The maximum atomic E-state index is 14.2. The summed E-state index contributed by atoms with van der Waals surface area (Å²) in [6.45, 7) is 2.99. The Morgan fingerprint density at radius 2 is 1.34 bits per heavy atom. The van der Waals surface area contributed by atoms with E-state index < -0.39 is 11.8 Å². The van der Waals surface area contributed by atoms with Crippen LogP contribution in [0.1, 0.15) is 120 Å². The summed E-state index contributed by atoms with van der Waals surface area (Å²) in [5.41, 5.74) is 0.706. The van der Waals surface area contributed by atoms with Crippen LogP contribution >= 0.6 is 0 Å². The maximum absolute atomic E-state index is 14.2. The number of hydrogen-bond donors (Lipinski definition) is 1. The topological polar surface area (TPSA) is 55.4 Å². The van der Waals surface area contributed by atoms with E-state index in [1.54, 1.807) is 12.1 Å². The predicted octanol–water partition coefficient (Wildman–Crippen LogP) is 7.85. The van der Waals surface area contributed by atoms with E-state index in [9.17, 15) is 14.0 Å². The molecule has 0 saturated carbocycles. The lowest BCUT2D eigenvalue weighted by atomic mass is 10.0. The van der Waals surface area contributed by atoms with Crippen molar-refractivity contribution in [3.8, 4) is 0 Å². The number of carbonyl (C=O) groups is 2. The third-order valence-electron chi connectivity index (χ3n) is 5.92. The van der Waals surface area contributed by atoms with Gasteiger partial charge in [0, 0.05) is 18.5 Å². The Morgan fingerprint density at radius 1 is 0.812 bits per heavy atom. The minimum absolute atomic E-state index is 0.01000. The molecule has 0 aliphatic heterocycles. The lowest BCUT2D eigenvalue weighted by Gasteiger charge is -2.09. The van der Waals surface area contributed by atoms with Gasteiger partial charge in [-0.15, -0.1) is 0 Å². The first-order valence-corrected chi connectivity index (χ1v) is 12.7. The van der Waals surface area contributed by atoms with Crippen LogP contribution in [0.5, 0.6) is 0 Å². The summed E-state index contributed by atoms with van der Waals surface area (Å²) in [4.78, 5) is 23.2. The van der Waals surface area contributed by atoms with E-state index in [0.29, 0.717) is 5.69 Å². The number of anilines is 1. The molecule has 0 bridgehead atoms. The molecule has 0 heterocycles. The van der Waals surface area contributed by atoms with Crippen molar-refractivity contribution >= 4 is 17.4 Å². The normalized spacial score (nSPS) is 10.8. The summed E-state index contributed by atoms with van der Waals surface area (Å²) in [7, 11) is 1.28. The molecular formula is C27H44FNO3. The van der Waals surface area contributed by atoms with Crippen LogP contribution in [0, 0.1) is 5.82 Å². The fourth-order valence-corrected chi connectivity index (χ4v) is 3.84. The summed E-state index contributed by atoms with van der Waals surface area (Å²) >= 11 is 0. The van der Waals surface area contributed by atoms with E-state index in [1.165, 1.54) is 90.2 Å². The lowest BCUT2D eigenvalue weighted by Crippen LogP contribution is -2.08. The van der Waals surface area contributed by atoms with Crippen LogP contribution in [0.15, 0.2) is 18.2 Å². The monoisotopic (exact) mass is 449 g/mol. The van der Waals surface area contributed by atoms with Crippen molar-refractivity contribution in [2.45, 2.75) is 110 Å². The Labute approximate surface area is 194 Å². The predicted molar refractivity (Wildman–Crippen MR) is 131 cm³/mol. The van der Waals surface area contributed by atoms with Crippen molar-refractivity contribution in [2.75, 3.05) is 19.0 Å². The average molecular weight is 450 g/mol. The molecule has 0 saturated heterocycles. The smallest absolute Gasteiger partial charge is 0.305 e. The third-order valence-corrected chi connectivity index (χ3v) is 5.92. The van der Waals surface area contributed by atoms with E-state index in [0.717, 1.165) is 19.4 Å². The molecule has 0 atom stereocenters. The number of hydrogen-bond acceptors (Lipinski definition) is 4. The van der Waals surface area contributed by atoms with Crippen molar-refractivity contribution in [3.05, 3.63) is 29.6 Å². The van der Waals surface area contributed by atoms with Crippen LogP contribution < -0.4 is 5.32 Å². The number of benzene rings is 1. The van der Waals surface area contributed by atoms with Gasteiger partial charge in [0.1, 0.15) is 5.82 Å². The molecule has 0 radical (unpaired) electrons.